The number of hydrogen-bond acceptors (Lipinski definition) is 7. The summed E-state index contributed by atoms with van der Waals surface area (Å²) in [6.07, 6.45) is 6.82. The van der Waals surface area contributed by atoms with Gasteiger partial charge in [0, 0.05) is 19.0 Å². The van der Waals surface area contributed by atoms with Gasteiger partial charge >= 0.3 is 0 Å². The number of aromatic nitrogens is 3. The molecule has 0 saturated heterocycles. The molecule has 2 heterocycles. The molecule has 2 aromatic rings. The summed E-state index contributed by atoms with van der Waals surface area (Å²) < 4.78 is 39.4. The minimum Gasteiger partial charge on any atom is -0.300 e. The molecular formula is C17H19FN4O4S2. The predicted molar refractivity (Wildman–Crippen MR) is 99.1 cm³/mol. The molecule has 0 radical (unpaired) electrons. The van der Waals surface area contributed by atoms with Crippen LogP contribution in [0.15, 0.2) is 23.5 Å². The second-order valence-electron chi connectivity index (χ2n) is 7.26. The fourth-order valence-corrected chi connectivity index (χ4v) is 5.59. The third kappa shape index (κ3) is 4.00. The smallest absolute Gasteiger partial charge is 0.251 e. The summed E-state index contributed by atoms with van der Waals surface area (Å²) in [5, 5.41) is 5.91. The lowest BCUT2D eigenvalue weighted by Gasteiger charge is -2.19. The Bertz CT molecular complexity index is 1010. The number of nitrogens with one attached hydrogen (secondary N) is 1. The first-order valence-corrected chi connectivity index (χ1v) is 11.4. The summed E-state index contributed by atoms with van der Waals surface area (Å²) >= 11 is 0.704. The molecule has 2 aliphatic carbocycles. The van der Waals surface area contributed by atoms with Crippen molar-refractivity contribution in [3.05, 3.63) is 23.7 Å². The zero-order chi connectivity index (χ0) is 19.9. The Morgan fingerprint density at radius 1 is 1.36 bits per heavy atom. The molecule has 0 spiro atoms. The van der Waals surface area contributed by atoms with Crippen LogP contribution in [0, 0.1) is 11.0 Å². The van der Waals surface area contributed by atoms with Crippen LogP contribution in [0.2, 0.25) is 0 Å². The number of sulfone groups is 1. The normalized spacial score (nSPS) is 21.0. The second-order valence-corrected chi connectivity index (χ2v) is 10.5. The van der Waals surface area contributed by atoms with Crippen molar-refractivity contribution in [2.24, 2.45) is 5.92 Å². The van der Waals surface area contributed by atoms with Gasteiger partial charge in [-0.1, -0.05) is 11.3 Å². The van der Waals surface area contributed by atoms with Gasteiger partial charge in [-0.15, -0.1) is 0 Å². The second kappa shape index (κ2) is 7.36. The van der Waals surface area contributed by atoms with Gasteiger partial charge in [0.2, 0.25) is 0 Å². The summed E-state index contributed by atoms with van der Waals surface area (Å²) in [6.45, 7) is 0. The van der Waals surface area contributed by atoms with Gasteiger partial charge in [-0.3, -0.25) is 14.3 Å². The summed E-state index contributed by atoms with van der Waals surface area (Å²) in [4.78, 5) is 28.3. The van der Waals surface area contributed by atoms with Crippen molar-refractivity contribution in [2.45, 2.75) is 54.7 Å². The van der Waals surface area contributed by atoms with E-state index in [0.29, 0.717) is 49.9 Å². The summed E-state index contributed by atoms with van der Waals surface area (Å²) in [6, 6.07) is -0.814. The van der Waals surface area contributed by atoms with Crippen molar-refractivity contribution >= 4 is 38.0 Å². The van der Waals surface area contributed by atoms with E-state index in [2.05, 4.69) is 15.4 Å². The van der Waals surface area contributed by atoms with E-state index < -0.39 is 26.9 Å². The number of hydrogen-bond donors (Lipinski definition) is 1. The van der Waals surface area contributed by atoms with Crippen LogP contribution in [-0.2, 0) is 19.4 Å². The number of amides is 1. The maximum atomic E-state index is 13.2. The number of carbonyl (C=O) groups is 2. The minimum atomic E-state index is -3.42. The van der Waals surface area contributed by atoms with E-state index in [0.717, 1.165) is 6.20 Å². The predicted octanol–water partition coefficient (Wildman–Crippen LogP) is 2.35. The number of thiazole rings is 1. The van der Waals surface area contributed by atoms with Gasteiger partial charge in [-0.05, 0) is 31.6 Å². The summed E-state index contributed by atoms with van der Waals surface area (Å²) in [5.74, 6) is -0.292. The van der Waals surface area contributed by atoms with Crippen molar-refractivity contribution in [1.29, 1.82) is 0 Å². The lowest BCUT2D eigenvalue weighted by atomic mass is 9.98. The Kier molecular flexibility index (Phi) is 5.04. The average Bonchev–Trinajstić information content (AvgIpc) is 3.04. The van der Waals surface area contributed by atoms with Gasteiger partial charge < -0.3 is 5.32 Å². The molecule has 4 rings (SSSR count). The summed E-state index contributed by atoms with van der Waals surface area (Å²) in [7, 11) is -3.42. The highest BCUT2D eigenvalue weighted by atomic mass is 32.2. The number of Topliss-reactive ketones (excluding diaryl/α,β-unsaturated/α-hetero) is 1. The number of ketones is 1. The van der Waals surface area contributed by atoms with Crippen LogP contribution < -0.4 is 5.32 Å². The van der Waals surface area contributed by atoms with Gasteiger partial charge in [0.15, 0.2) is 20.1 Å². The molecule has 0 bridgehead atoms. The molecule has 11 heteroatoms. The van der Waals surface area contributed by atoms with E-state index in [-0.39, 0.29) is 27.0 Å². The first-order chi connectivity index (χ1) is 13.3. The standard InChI is InChI=1S/C17H19FN4O4S2/c18-15-8-19-17(27-15)21-16(24)14(6-10-1-2-11(23)5-10)22-9-13(7-20-22)28(25,26)12-3-4-12/h7-10,12,14H,1-6H2,(H,19,21,24)/t10-,14?/m0/s1. The SMILES string of the molecule is O=C1CC[C@H](CC(C(=O)Nc2ncc(F)s2)n2cc(S(=O)(=O)C3CC3)cn2)C1. The van der Waals surface area contributed by atoms with Crippen LogP contribution in [0.1, 0.15) is 44.6 Å². The molecule has 150 valence electrons. The molecule has 1 amide bonds. The van der Waals surface area contributed by atoms with Crippen LogP contribution in [0.4, 0.5) is 9.52 Å². The van der Waals surface area contributed by atoms with E-state index >= 15 is 0 Å². The third-order valence-electron chi connectivity index (χ3n) is 5.10. The largest absolute Gasteiger partial charge is 0.300 e. The average molecular weight is 426 g/mol. The van der Waals surface area contributed by atoms with Crippen molar-refractivity contribution in [2.75, 3.05) is 5.32 Å². The molecule has 1 N–H and O–H groups in total. The Balaban J connectivity index is 1.58. The Morgan fingerprint density at radius 3 is 2.75 bits per heavy atom. The van der Waals surface area contributed by atoms with Gasteiger partial charge in [0.05, 0.1) is 17.6 Å². The first kappa shape index (κ1) is 19.2. The van der Waals surface area contributed by atoms with Crippen LogP contribution in [0.3, 0.4) is 0 Å². The fraction of sp³-hybridized carbons (Fsp3) is 0.529. The first-order valence-electron chi connectivity index (χ1n) is 9.05. The molecule has 1 unspecified atom stereocenters. The number of nitrogens with zero attached hydrogens (tertiary/aromatic N) is 3. The molecule has 2 saturated carbocycles. The van der Waals surface area contributed by atoms with E-state index in [1.165, 1.54) is 17.1 Å². The highest BCUT2D eigenvalue weighted by Crippen LogP contribution is 2.35. The van der Waals surface area contributed by atoms with Crippen LogP contribution >= 0.6 is 11.3 Å². The van der Waals surface area contributed by atoms with Crippen molar-refractivity contribution in [3.8, 4) is 0 Å². The fourth-order valence-electron chi connectivity index (χ4n) is 3.45. The quantitative estimate of drug-likeness (QED) is 0.728. The maximum absolute atomic E-state index is 13.2. The molecule has 2 fully saturated rings. The summed E-state index contributed by atoms with van der Waals surface area (Å²) in [5.41, 5.74) is 0. The molecule has 28 heavy (non-hydrogen) atoms. The number of carbonyl (C=O) groups excluding carboxylic acids is 2. The lowest BCUT2D eigenvalue weighted by Crippen LogP contribution is -2.28. The Labute approximate surface area is 165 Å². The molecular weight excluding hydrogens is 407 g/mol. The van der Waals surface area contributed by atoms with Crippen molar-refractivity contribution in [1.82, 2.24) is 14.8 Å². The van der Waals surface area contributed by atoms with Gasteiger partial charge in [-0.25, -0.2) is 13.4 Å². The maximum Gasteiger partial charge on any atom is 0.251 e. The molecule has 2 aliphatic rings. The lowest BCUT2D eigenvalue weighted by molar-refractivity contribution is -0.121. The third-order valence-corrected chi connectivity index (χ3v) is 8.02. The molecule has 8 nitrogen and oxygen atoms in total. The Morgan fingerprint density at radius 2 is 2.14 bits per heavy atom. The van der Waals surface area contributed by atoms with Crippen LogP contribution in [-0.4, -0.2) is 40.1 Å². The number of anilines is 1. The highest BCUT2D eigenvalue weighted by molar-refractivity contribution is 7.92. The van der Waals surface area contributed by atoms with E-state index in [1.807, 2.05) is 0 Å². The van der Waals surface area contributed by atoms with E-state index in [4.69, 9.17) is 0 Å². The highest BCUT2D eigenvalue weighted by Gasteiger charge is 2.38. The van der Waals surface area contributed by atoms with E-state index in [1.54, 1.807) is 0 Å². The zero-order valence-electron chi connectivity index (χ0n) is 14.9. The van der Waals surface area contributed by atoms with Crippen LogP contribution in [0.25, 0.3) is 0 Å². The van der Waals surface area contributed by atoms with Crippen molar-refractivity contribution < 1.29 is 22.4 Å². The topological polar surface area (TPSA) is 111 Å². The van der Waals surface area contributed by atoms with Gasteiger partial charge in [-0.2, -0.15) is 9.49 Å². The molecule has 2 atom stereocenters. The number of halogens is 1. The van der Waals surface area contributed by atoms with Crippen LogP contribution in [0.5, 0.6) is 0 Å². The Hall–Kier alpha value is -2.14. The van der Waals surface area contributed by atoms with Gasteiger partial charge in [0.1, 0.15) is 16.7 Å². The minimum absolute atomic E-state index is 0.0176. The monoisotopic (exact) mass is 426 g/mol. The zero-order valence-corrected chi connectivity index (χ0v) is 16.5. The number of rotatable bonds is 7. The molecule has 2 aromatic heterocycles. The molecule has 0 aromatic carbocycles. The van der Waals surface area contributed by atoms with Crippen molar-refractivity contribution in [3.63, 3.8) is 0 Å². The molecule has 0 aliphatic heterocycles. The van der Waals surface area contributed by atoms with Gasteiger partial charge in [0.25, 0.3) is 5.91 Å². The van der Waals surface area contributed by atoms with E-state index in [9.17, 15) is 22.4 Å².